The molecule has 8 nitrogen and oxygen atoms in total. The maximum Gasteiger partial charge on any atom is 0.329 e. The normalized spacial score (nSPS) is 20.1. The first-order valence-corrected chi connectivity index (χ1v) is 11.7. The van der Waals surface area contributed by atoms with Gasteiger partial charge >= 0.3 is 6.03 Å². The van der Waals surface area contributed by atoms with Crippen LogP contribution in [0, 0.1) is 6.92 Å². The van der Waals surface area contributed by atoms with Gasteiger partial charge in [0.25, 0.3) is 5.91 Å². The van der Waals surface area contributed by atoms with Crippen LogP contribution in [0.5, 0.6) is 5.75 Å². The van der Waals surface area contributed by atoms with Crippen molar-refractivity contribution in [1.29, 1.82) is 0 Å². The Labute approximate surface area is 205 Å². The summed E-state index contributed by atoms with van der Waals surface area (Å²) in [5.41, 5.74) is 4.65. The summed E-state index contributed by atoms with van der Waals surface area (Å²) in [5.74, 6) is -0.0905. The van der Waals surface area contributed by atoms with Crippen molar-refractivity contribution in [3.63, 3.8) is 0 Å². The number of carbonyl (C=O) groups is 3. The number of amides is 4. The molecule has 0 aromatic heterocycles. The number of methoxy groups -OCH3 is 1. The number of ether oxygens (including phenoxy) is 1. The second-order valence-electron chi connectivity index (χ2n) is 9.93. The van der Waals surface area contributed by atoms with Crippen molar-refractivity contribution in [2.24, 2.45) is 0 Å². The Kier molecular flexibility index (Phi) is 6.32. The number of nitrogens with one attached hydrogen (secondary N) is 2. The van der Waals surface area contributed by atoms with Crippen LogP contribution >= 0.6 is 0 Å². The Bertz CT molecular complexity index is 1230. The maximum absolute atomic E-state index is 13.0. The molecule has 2 heterocycles. The minimum Gasteiger partial charge on any atom is -0.496 e. The van der Waals surface area contributed by atoms with Crippen molar-refractivity contribution in [1.82, 2.24) is 10.2 Å². The summed E-state index contributed by atoms with van der Waals surface area (Å²) in [6.45, 7) is 8.15. The number of aryl methyl sites for hydroxylation is 1. The van der Waals surface area contributed by atoms with Crippen LogP contribution in [0.25, 0.3) is 6.08 Å². The van der Waals surface area contributed by atoms with Crippen LogP contribution < -0.4 is 20.3 Å². The van der Waals surface area contributed by atoms with E-state index in [2.05, 4.69) is 43.4 Å². The molecule has 2 aromatic rings. The zero-order chi connectivity index (χ0) is 25.5. The van der Waals surface area contributed by atoms with Crippen molar-refractivity contribution < 1.29 is 19.1 Å². The lowest BCUT2D eigenvalue weighted by atomic mass is 9.80. The molecule has 1 atom stereocenters. The van der Waals surface area contributed by atoms with Crippen LogP contribution in [0.15, 0.2) is 42.1 Å². The lowest BCUT2D eigenvalue weighted by Gasteiger charge is -2.45. The molecule has 2 aliphatic rings. The van der Waals surface area contributed by atoms with E-state index in [1.165, 1.54) is 0 Å². The second kappa shape index (κ2) is 9.09. The summed E-state index contributed by atoms with van der Waals surface area (Å²) >= 11 is 0. The minimum absolute atomic E-state index is 0.00627. The summed E-state index contributed by atoms with van der Waals surface area (Å²) < 4.78 is 5.63. The fourth-order valence-corrected chi connectivity index (χ4v) is 4.84. The highest BCUT2D eigenvalue weighted by molar-refractivity contribution is 6.16. The van der Waals surface area contributed by atoms with Gasteiger partial charge in [-0.3, -0.25) is 9.59 Å². The average molecular weight is 477 g/mol. The van der Waals surface area contributed by atoms with Gasteiger partial charge in [0.2, 0.25) is 5.91 Å². The van der Waals surface area contributed by atoms with Gasteiger partial charge in [-0.2, -0.15) is 0 Å². The molecule has 4 rings (SSSR count). The van der Waals surface area contributed by atoms with E-state index in [4.69, 9.17) is 4.74 Å². The number of urea groups is 1. The third kappa shape index (κ3) is 4.73. The third-order valence-corrected chi connectivity index (χ3v) is 6.85. The molecule has 0 bridgehead atoms. The molecule has 1 unspecified atom stereocenters. The molecule has 1 fully saturated rings. The fourth-order valence-electron chi connectivity index (χ4n) is 4.84. The van der Waals surface area contributed by atoms with Gasteiger partial charge < -0.3 is 20.3 Å². The van der Waals surface area contributed by atoms with Gasteiger partial charge in [0.15, 0.2) is 0 Å². The summed E-state index contributed by atoms with van der Waals surface area (Å²) in [7, 11) is 3.65. The zero-order valence-corrected chi connectivity index (χ0v) is 21.1. The van der Waals surface area contributed by atoms with E-state index in [0.29, 0.717) is 22.9 Å². The SMILES string of the molecule is COc1cc2c(cc1/C=C1/NC(=O)N(CC(=O)Nc3cccc(C)c3)C1=O)C(C)CC(C)(C)N2C. The van der Waals surface area contributed by atoms with Gasteiger partial charge in [0, 0.05) is 35.6 Å². The highest BCUT2D eigenvalue weighted by atomic mass is 16.5. The Balaban J connectivity index is 1.57. The van der Waals surface area contributed by atoms with Gasteiger partial charge in [-0.1, -0.05) is 19.1 Å². The van der Waals surface area contributed by atoms with Gasteiger partial charge in [-0.05, 0) is 68.5 Å². The molecule has 0 spiro atoms. The number of benzene rings is 2. The molecule has 2 aromatic carbocycles. The van der Waals surface area contributed by atoms with Gasteiger partial charge in [-0.25, -0.2) is 9.69 Å². The third-order valence-electron chi connectivity index (χ3n) is 6.85. The number of carbonyl (C=O) groups excluding carboxylic acids is 3. The van der Waals surface area contributed by atoms with E-state index in [1.54, 1.807) is 19.3 Å². The van der Waals surface area contributed by atoms with Crippen LogP contribution in [0.4, 0.5) is 16.2 Å². The summed E-state index contributed by atoms with van der Waals surface area (Å²) in [6.07, 6.45) is 2.60. The van der Waals surface area contributed by atoms with Gasteiger partial charge in [0.05, 0.1) is 7.11 Å². The molecule has 4 amide bonds. The molecule has 8 heteroatoms. The monoisotopic (exact) mass is 476 g/mol. The molecule has 184 valence electrons. The molecular weight excluding hydrogens is 444 g/mol. The van der Waals surface area contributed by atoms with E-state index < -0.39 is 17.8 Å². The first-order chi connectivity index (χ1) is 16.5. The van der Waals surface area contributed by atoms with E-state index in [9.17, 15) is 14.4 Å². The topological polar surface area (TPSA) is 91.0 Å². The van der Waals surface area contributed by atoms with Crippen LogP contribution in [-0.2, 0) is 9.59 Å². The molecule has 2 aliphatic heterocycles. The summed E-state index contributed by atoms with van der Waals surface area (Å²) in [5, 5.41) is 5.32. The van der Waals surface area contributed by atoms with E-state index in [-0.39, 0.29) is 17.8 Å². The zero-order valence-electron chi connectivity index (χ0n) is 21.1. The standard InChI is InChI=1S/C27H32N4O4/c1-16-8-7-9-19(10-16)28-24(32)15-31-25(33)21(29-26(31)34)12-18-11-20-17(2)14-27(3,4)30(5)22(20)13-23(18)35-6/h7-13,17H,14-15H2,1-6H3,(H,28,32)(H,29,34)/b21-12+. The largest absolute Gasteiger partial charge is 0.496 e. The molecule has 1 saturated heterocycles. The lowest BCUT2D eigenvalue weighted by molar-refractivity contribution is -0.127. The highest BCUT2D eigenvalue weighted by Crippen LogP contribution is 2.45. The Morgan fingerprint density at radius 3 is 2.69 bits per heavy atom. The minimum atomic E-state index is -0.632. The van der Waals surface area contributed by atoms with Crippen molar-refractivity contribution in [2.45, 2.75) is 45.6 Å². The predicted molar refractivity (Wildman–Crippen MR) is 137 cm³/mol. The van der Waals surface area contributed by atoms with E-state index in [0.717, 1.165) is 28.1 Å². The Morgan fingerprint density at radius 1 is 1.26 bits per heavy atom. The lowest BCUT2D eigenvalue weighted by Crippen LogP contribution is -2.45. The second-order valence-corrected chi connectivity index (χ2v) is 9.93. The molecule has 0 aliphatic carbocycles. The molecule has 0 radical (unpaired) electrons. The van der Waals surface area contributed by atoms with Crippen molar-refractivity contribution in [3.05, 3.63) is 58.8 Å². The maximum atomic E-state index is 13.0. The number of nitrogens with zero attached hydrogens (tertiary/aromatic N) is 2. The molecular formula is C27H32N4O4. The number of hydrogen-bond donors (Lipinski definition) is 2. The molecule has 2 N–H and O–H groups in total. The van der Waals surface area contributed by atoms with Gasteiger partial charge in [-0.15, -0.1) is 0 Å². The summed E-state index contributed by atoms with van der Waals surface area (Å²) in [6, 6.07) is 10.7. The van der Waals surface area contributed by atoms with Crippen LogP contribution in [0.3, 0.4) is 0 Å². The van der Waals surface area contributed by atoms with Crippen LogP contribution in [0.1, 0.15) is 49.8 Å². The van der Waals surface area contributed by atoms with Crippen molar-refractivity contribution in [3.8, 4) is 5.75 Å². The Morgan fingerprint density at radius 2 is 2.00 bits per heavy atom. The van der Waals surface area contributed by atoms with Crippen molar-refractivity contribution in [2.75, 3.05) is 30.9 Å². The van der Waals surface area contributed by atoms with Crippen LogP contribution in [0.2, 0.25) is 0 Å². The first kappa shape index (κ1) is 24.3. The molecule has 35 heavy (non-hydrogen) atoms. The quantitative estimate of drug-likeness (QED) is 0.497. The number of imide groups is 1. The van der Waals surface area contributed by atoms with Gasteiger partial charge in [0.1, 0.15) is 18.0 Å². The van der Waals surface area contributed by atoms with Crippen molar-refractivity contribution >= 4 is 35.3 Å². The fraction of sp³-hybridized carbons (Fsp3) is 0.370. The summed E-state index contributed by atoms with van der Waals surface area (Å²) in [4.78, 5) is 41.2. The first-order valence-electron chi connectivity index (χ1n) is 11.7. The smallest absolute Gasteiger partial charge is 0.329 e. The molecule has 0 saturated carbocycles. The highest BCUT2D eigenvalue weighted by Gasteiger charge is 2.37. The number of fused-ring (bicyclic) bond motifs is 1. The number of hydrogen-bond acceptors (Lipinski definition) is 5. The van der Waals surface area contributed by atoms with Crippen LogP contribution in [-0.4, -0.2) is 49.0 Å². The predicted octanol–water partition coefficient (Wildman–Crippen LogP) is 4.26. The van der Waals surface area contributed by atoms with E-state index >= 15 is 0 Å². The number of anilines is 2. The number of rotatable bonds is 5. The van der Waals surface area contributed by atoms with E-state index in [1.807, 2.05) is 37.3 Å². The Hall–Kier alpha value is -3.81. The average Bonchev–Trinajstić information content (AvgIpc) is 3.04.